The molecule has 0 saturated carbocycles. The molecular formula is C11H20F6N2O4S2. The van der Waals surface area contributed by atoms with Gasteiger partial charge in [-0.25, -0.2) is 16.8 Å². The van der Waals surface area contributed by atoms with Gasteiger partial charge in [-0.05, 0) is 12.8 Å². The number of likely N-dealkylation sites (tertiary alicyclic amines) is 1. The van der Waals surface area contributed by atoms with E-state index in [0.29, 0.717) is 0 Å². The summed E-state index contributed by atoms with van der Waals surface area (Å²) in [7, 11) is -13.4. The zero-order valence-corrected chi connectivity index (χ0v) is 15.0. The van der Waals surface area contributed by atoms with Gasteiger partial charge in [0.15, 0.2) is 20.0 Å². The smallest absolute Gasteiger partial charge is 0.421 e. The molecule has 0 amide bonds. The maximum Gasteiger partial charge on any atom is 0.480 e. The van der Waals surface area contributed by atoms with Crippen LogP contribution in [-0.2, 0) is 20.0 Å². The minimum atomic E-state index is -6.72. The SMILES string of the molecule is CCCCC[NH+]1CCCC1.O=S(=O)([N-]S(=O)(=O)C(F)(F)F)C(F)(F)F. The molecule has 1 aliphatic heterocycles. The van der Waals surface area contributed by atoms with Crippen LogP contribution in [0.1, 0.15) is 39.0 Å². The van der Waals surface area contributed by atoms with Gasteiger partial charge in [0.25, 0.3) is 0 Å². The average Bonchev–Trinajstić information content (AvgIpc) is 2.89. The number of quaternary nitrogens is 1. The maximum atomic E-state index is 11.4. The van der Waals surface area contributed by atoms with Crippen molar-refractivity contribution < 1.29 is 48.1 Å². The van der Waals surface area contributed by atoms with E-state index in [1.54, 1.807) is 0 Å². The van der Waals surface area contributed by atoms with Crippen LogP contribution in [0.2, 0.25) is 0 Å². The van der Waals surface area contributed by atoms with E-state index >= 15 is 0 Å². The molecule has 0 aromatic carbocycles. The molecule has 0 aliphatic carbocycles. The van der Waals surface area contributed by atoms with Crippen LogP contribution in [0.3, 0.4) is 0 Å². The average molecular weight is 422 g/mol. The second-order valence-corrected chi connectivity index (χ2v) is 8.75. The molecule has 1 fully saturated rings. The maximum absolute atomic E-state index is 11.4. The lowest BCUT2D eigenvalue weighted by molar-refractivity contribution is -0.887. The van der Waals surface area contributed by atoms with E-state index in [9.17, 15) is 43.2 Å². The molecule has 0 aromatic heterocycles. The van der Waals surface area contributed by atoms with Crippen molar-refractivity contribution in [2.75, 3.05) is 19.6 Å². The molecule has 1 aliphatic rings. The van der Waals surface area contributed by atoms with Crippen LogP contribution >= 0.6 is 0 Å². The van der Waals surface area contributed by atoms with Crippen molar-refractivity contribution >= 4 is 20.0 Å². The highest BCUT2D eigenvalue weighted by atomic mass is 32.3. The van der Waals surface area contributed by atoms with Crippen molar-refractivity contribution in [3.8, 4) is 0 Å². The Labute approximate surface area is 142 Å². The number of alkyl halides is 6. The van der Waals surface area contributed by atoms with Gasteiger partial charge < -0.3 is 9.03 Å². The Morgan fingerprint density at radius 2 is 1.24 bits per heavy atom. The van der Waals surface area contributed by atoms with Gasteiger partial charge in [-0.15, -0.1) is 0 Å². The Balaban J connectivity index is 0.000000496. The first-order valence-electron chi connectivity index (χ1n) is 7.34. The highest BCUT2D eigenvalue weighted by Crippen LogP contribution is 2.36. The van der Waals surface area contributed by atoms with Crippen LogP contribution in [-0.4, -0.2) is 47.5 Å². The van der Waals surface area contributed by atoms with Crippen molar-refractivity contribution in [3.05, 3.63) is 4.13 Å². The first-order valence-corrected chi connectivity index (χ1v) is 10.2. The van der Waals surface area contributed by atoms with Crippen molar-refractivity contribution in [2.24, 2.45) is 0 Å². The zero-order valence-electron chi connectivity index (χ0n) is 13.3. The molecule has 152 valence electrons. The Morgan fingerprint density at radius 3 is 1.56 bits per heavy atom. The number of halogens is 6. The molecule has 14 heteroatoms. The van der Waals surface area contributed by atoms with Gasteiger partial charge in [0.05, 0.1) is 19.6 Å². The van der Waals surface area contributed by atoms with Crippen molar-refractivity contribution in [2.45, 2.75) is 50.0 Å². The van der Waals surface area contributed by atoms with E-state index in [1.165, 1.54) is 51.7 Å². The predicted octanol–water partition coefficient (Wildman–Crippen LogP) is 1.91. The third-order valence-electron chi connectivity index (χ3n) is 3.23. The van der Waals surface area contributed by atoms with E-state index in [2.05, 4.69) is 6.92 Å². The summed E-state index contributed by atoms with van der Waals surface area (Å²) in [4.78, 5) is 1.86. The zero-order chi connectivity index (χ0) is 19.9. The van der Waals surface area contributed by atoms with E-state index in [-0.39, 0.29) is 0 Å². The molecular weight excluding hydrogens is 402 g/mol. The standard InChI is InChI=1S/C9H19N.C2F6NO4S2/c1-2-3-4-7-10-8-5-6-9-10;3-1(4,5)14(10,11)9-15(12,13)2(6,7)8/h2-9H2,1H3;/q;-1/p+1. The van der Waals surface area contributed by atoms with E-state index in [1.807, 2.05) is 4.90 Å². The van der Waals surface area contributed by atoms with Crippen molar-refractivity contribution in [3.63, 3.8) is 0 Å². The summed E-state index contributed by atoms with van der Waals surface area (Å²) < 4.78 is 109. The molecule has 1 rings (SSSR count). The summed E-state index contributed by atoms with van der Waals surface area (Å²) in [5.74, 6) is 0. The van der Waals surface area contributed by atoms with E-state index in [0.717, 1.165) is 4.13 Å². The van der Waals surface area contributed by atoms with Crippen molar-refractivity contribution in [1.82, 2.24) is 0 Å². The fourth-order valence-electron chi connectivity index (χ4n) is 1.96. The van der Waals surface area contributed by atoms with Crippen LogP contribution in [0, 0.1) is 0 Å². The van der Waals surface area contributed by atoms with Gasteiger partial charge in [-0.1, -0.05) is 13.3 Å². The second-order valence-electron chi connectivity index (χ2n) is 5.33. The van der Waals surface area contributed by atoms with Gasteiger partial charge in [0, 0.05) is 12.8 Å². The fourth-order valence-corrected chi connectivity index (χ4v) is 3.67. The number of unbranched alkanes of at least 4 members (excludes halogenated alkanes) is 2. The molecule has 1 heterocycles. The van der Waals surface area contributed by atoms with Gasteiger partial charge in [0.2, 0.25) is 0 Å². The van der Waals surface area contributed by atoms with Crippen LogP contribution in [0.15, 0.2) is 0 Å². The summed E-state index contributed by atoms with van der Waals surface area (Å²) >= 11 is 0. The molecule has 0 aromatic rings. The third-order valence-corrected chi connectivity index (χ3v) is 5.97. The molecule has 25 heavy (non-hydrogen) atoms. The first kappa shape index (κ1) is 24.4. The minimum absolute atomic E-state index is 0.778. The molecule has 0 spiro atoms. The monoisotopic (exact) mass is 422 g/mol. The highest BCUT2D eigenvalue weighted by molar-refractivity contribution is 8.13. The summed E-state index contributed by atoms with van der Waals surface area (Å²) in [5, 5.41) is 0. The number of hydrogen-bond acceptors (Lipinski definition) is 4. The molecule has 1 saturated heterocycles. The predicted molar refractivity (Wildman–Crippen MR) is 77.6 cm³/mol. The number of rotatable bonds is 6. The Kier molecular flexibility index (Phi) is 9.14. The Hall–Kier alpha value is -0.600. The number of sulfonamides is 2. The lowest BCUT2D eigenvalue weighted by Crippen LogP contribution is -3.09. The quantitative estimate of drug-likeness (QED) is 0.523. The molecule has 0 radical (unpaired) electrons. The lowest BCUT2D eigenvalue weighted by atomic mass is 10.2. The summed E-state index contributed by atoms with van der Waals surface area (Å²) in [6.45, 7) is 6.61. The molecule has 1 N–H and O–H groups in total. The van der Waals surface area contributed by atoms with Crippen LogP contribution in [0.5, 0.6) is 0 Å². The van der Waals surface area contributed by atoms with Crippen molar-refractivity contribution in [1.29, 1.82) is 0 Å². The summed E-state index contributed by atoms with van der Waals surface area (Å²) in [6, 6.07) is 0. The van der Waals surface area contributed by atoms with Crippen LogP contribution < -0.4 is 4.90 Å². The highest BCUT2D eigenvalue weighted by Gasteiger charge is 2.46. The summed E-state index contributed by atoms with van der Waals surface area (Å²) in [6.07, 6.45) is 7.20. The molecule has 6 nitrogen and oxygen atoms in total. The Morgan fingerprint density at radius 1 is 0.840 bits per heavy atom. The topological polar surface area (TPSA) is 86.8 Å². The minimum Gasteiger partial charge on any atom is -0.421 e. The van der Waals surface area contributed by atoms with Crippen LogP contribution in [0.25, 0.3) is 4.13 Å². The normalized spacial score (nSPS) is 17.2. The largest absolute Gasteiger partial charge is 0.480 e. The molecule has 0 atom stereocenters. The lowest BCUT2D eigenvalue weighted by Gasteiger charge is -2.22. The van der Waals surface area contributed by atoms with Gasteiger partial charge in [-0.3, -0.25) is 0 Å². The van der Waals surface area contributed by atoms with E-state index < -0.39 is 31.1 Å². The van der Waals surface area contributed by atoms with E-state index in [4.69, 9.17) is 0 Å². The number of hydrogen-bond donors (Lipinski definition) is 1. The first-order chi connectivity index (χ1) is 11.1. The number of nitrogens with zero attached hydrogens (tertiary/aromatic N) is 1. The fraction of sp³-hybridized carbons (Fsp3) is 1.00. The third kappa shape index (κ3) is 8.55. The Bertz CT molecular complexity index is 553. The van der Waals surface area contributed by atoms with Gasteiger partial charge in [-0.2, -0.15) is 26.3 Å². The molecule has 0 bridgehead atoms. The molecule has 0 unspecified atom stereocenters. The van der Waals surface area contributed by atoms with Crippen LogP contribution in [0.4, 0.5) is 26.3 Å². The second kappa shape index (κ2) is 9.37. The summed E-state index contributed by atoms with van der Waals surface area (Å²) in [5.41, 5.74) is -12.4. The van der Waals surface area contributed by atoms with Gasteiger partial charge >= 0.3 is 11.0 Å². The number of nitrogens with one attached hydrogen (secondary N) is 1. The van der Waals surface area contributed by atoms with Gasteiger partial charge in [0.1, 0.15) is 0 Å².